The highest BCUT2D eigenvalue weighted by Gasteiger charge is 2.23. The van der Waals surface area contributed by atoms with Gasteiger partial charge in [0, 0.05) is 24.8 Å². The van der Waals surface area contributed by atoms with E-state index in [4.69, 9.17) is 0 Å². The summed E-state index contributed by atoms with van der Waals surface area (Å²) in [5.41, 5.74) is 2.08. The molecule has 0 aliphatic carbocycles. The Bertz CT molecular complexity index is 475. The normalized spacial score (nSPS) is 19.6. The number of likely N-dealkylation sites (tertiary alicyclic amines) is 1. The Morgan fingerprint density at radius 3 is 2.95 bits per heavy atom. The molecule has 1 fully saturated rings. The van der Waals surface area contributed by atoms with E-state index in [1.807, 2.05) is 17.0 Å². The van der Waals surface area contributed by atoms with E-state index < -0.39 is 0 Å². The molecule has 1 aliphatic rings. The molecule has 2 unspecified atom stereocenters. The first-order valence-corrected chi connectivity index (χ1v) is 7.99. The number of nitrogens with zero attached hydrogens (tertiary/aromatic N) is 1. The molecule has 0 radical (unpaired) electrons. The van der Waals surface area contributed by atoms with Gasteiger partial charge in [0.05, 0.1) is 0 Å². The van der Waals surface area contributed by atoms with Crippen molar-refractivity contribution >= 4 is 11.7 Å². The van der Waals surface area contributed by atoms with Crippen LogP contribution in [0.5, 0.6) is 0 Å². The number of urea groups is 1. The molecule has 4 heteroatoms. The highest BCUT2D eigenvalue weighted by Crippen LogP contribution is 2.20. The molecule has 1 aromatic carbocycles. The first-order valence-electron chi connectivity index (χ1n) is 7.99. The van der Waals surface area contributed by atoms with E-state index in [1.165, 1.54) is 5.56 Å². The van der Waals surface area contributed by atoms with Crippen LogP contribution in [0.3, 0.4) is 0 Å². The van der Waals surface area contributed by atoms with Crippen molar-refractivity contribution < 1.29 is 4.79 Å². The van der Waals surface area contributed by atoms with Gasteiger partial charge in [-0.25, -0.2) is 4.79 Å². The number of hydrogen-bond donors (Lipinski definition) is 2. The zero-order valence-electron chi connectivity index (χ0n) is 13.4. The van der Waals surface area contributed by atoms with Crippen LogP contribution in [0.2, 0.25) is 0 Å². The van der Waals surface area contributed by atoms with Crippen LogP contribution < -0.4 is 10.6 Å². The van der Waals surface area contributed by atoms with Crippen molar-refractivity contribution in [3.05, 3.63) is 29.8 Å². The van der Waals surface area contributed by atoms with Crippen molar-refractivity contribution in [2.45, 2.75) is 39.7 Å². The number of hydrogen-bond acceptors (Lipinski definition) is 2. The van der Waals surface area contributed by atoms with Gasteiger partial charge in [0.1, 0.15) is 0 Å². The summed E-state index contributed by atoms with van der Waals surface area (Å²) in [6.07, 6.45) is 2.22. The molecule has 1 aliphatic heterocycles. The number of nitrogens with one attached hydrogen (secondary N) is 2. The Hall–Kier alpha value is -1.55. The number of rotatable bonds is 5. The van der Waals surface area contributed by atoms with Crippen molar-refractivity contribution in [3.8, 4) is 0 Å². The summed E-state index contributed by atoms with van der Waals surface area (Å²) >= 11 is 0. The fourth-order valence-electron chi connectivity index (χ4n) is 2.69. The van der Waals surface area contributed by atoms with E-state index in [0.29, 0.717) is 12.0 Å². The lowest BCUT2D eigenvalue weighted by Crippen LogP contribution is -2.32. The number of carbonyl (C=O) groups is 1. The maximum Gasteiger partial charge on any atom is 0.321 e. The lowest BCUT2D eigenvalue weighted by Gasteiger charge is -2.18. The van der Waals surface area contributed by atoms with Crippen molar-refractivity contribution in [1.29, 1.82) is 0 Å². The van der Waals surface area contributed by atoms with Crippen LogP contribution >= 0.6 is 0 Å². The highest BCUT2D eigenvalue weighted by atomic mass is 16.2. The molecule has 0 spiro atoms. The van der Waals surface area contributed by atoms with E-state index in [9.17, 15) is 4.79 Å². The Balaban J connectivity index is 1.95. The molecule has 2 amide bonds. The van der Waals surface area contributed by atoms with Crippen molar-refractivity contribution in [3.63, 3.8) is 0 Å². The summed E-state index contributed by atoms with van der Waals surface area (Å²) in [7, 11) is 0. The molecule has 1 heterocycles. The Morgan fingerprint density at radius 2 is 2.29 bits per heavy atom. The van der Waals surface area contributed by atoms with Gasteiger partial charge in [0.15, 0.2) is 0 Å². The van der Waals surface area contributed by atoms with Crippen LogP contribution in [0.4, 0.5) is 10.5 Å². The average molecular weight is 289 g/mol. The summed E-state index contributed by atoms with van der Waals surface area (Å²) in [5.74, 6) is 0.611. The third-order valence-electron chi connectivity index (χ3n) is 4.05. The molecule has 2 N–H and O–H groups in total. The van der Waals surface area contributed by atoms with E-state index in [2.05, 4.69) is 43.5 Å². The molecule has 1 saturated heterocycles. The minimum absolute atomic E-state index is 0.0191. The second-order valence-electron chi connectivity index (χ2n) is 6.07. The first-order chi connectivity index (χ1) is 10.1. The van der Waals surface area contributed by atoms with Gasteiger partial charge in [0.25, 0.3) is 0 Å². The lowest BCUT2D eigenvalue weighted by atomic mass is 10.1. The van der Waals surface area contributed by atoms with E-state index in [0.717, 1.165) is 38.2 Å². The van der Waals surface area contributed by atoms with Crippen LogP contribution in [0.25, 0.3) is 0 Å². The third-order valence-corrected chi connectivity index (χ3v) is 4.05. The maximum atomic E-state index is 12.2. The van der Waals surface area contributed by atoms with Gasteiger partial charge >= 0.3 is 6.03 Å². The summed E-state index contributed by atoms with van der Waals surface area (Å²) in [6, 6.07) is 8.43. The predicted molar refractivity (Wildman–Crippen MR) is 87.5 cm³/mol. The number of anilines is 1. The quantitative estimate of drug-likeness (QED) is 0.869. The summed E-state index contributed by atoms with van der Waals surface area (Å²) in [5, 5.41) is 6.48. The molecule has 0 saturated carbocycles. The van der Waals surface area contributed by atoms with Crippen LogP contribution in [0.15, 0.2) is 24.3 Å². The van der Waals surface area contributed by atoms with E-state index in [-0.39, 0.29) is 6.03 Å². The number of benzene rings is 1. The predicted octanol–water partition coefficient (Wildman–Crippen LogP) is 3.62. The molecule has 1 aromatic rings. The maximum absolute atomic E-state index is 12.2. The highest BCUT2D eigenvalue weighted by molar-refractivity contribution is 5.89. The Morgan fingerprint density at radius 1 is 1.48 bits per heavy atom. The Kier molecular flexibility index (Phi) is 5.62. The summed E-state index contributed by atoms with van der Waals surface area (Å²) in [4.78, 5) is 14.1. The van der Waals surface area contributed by atoms with Crippen LogP contribution in [-0.4, -0.2) is 30.6 Å². The molecule has 2 rings (SSSR count). The largest absolute Gasteiger partial charge is 0.324 e. The van der Waals surface area contributed by atoms with Gasteiger partial charge < -0.3 is 15.5 Å². The van der Waals surface area contributed by atoms with Crippen LogP contribution in [0.1, 0.15) is 45.2 Å². The SMILES string of the molecule is CCCNC(C)c1cccc(NC(=O)N2CCC(C)C2)c1. The lowest BCUT2D eigenvalue weighted by molar-refractivity contribution is 0.221. The minimum Gasteiger partial charge on any atom is -0.324 e. The number of carbonyl (C=O) groups excluding carboxylic acids is 1. The molecule has 0 aromatic heterocycles. The molecule has 116 valence electrons. The van der Waals surface area contributed by atoms with Crippen LogP contribution in [-0.2, 0) is 0 Å². The van der Waals surface area contributed by atoms with Crippen molar-refractivity contribution in [2.75, 3.05) is 25.0 Å². The molecule has 2 atom stereocenters. The zero-order chi connectivity index (χ0) is 15.2. The number of amides is 2. The summed E-state index contributed by atoms with van der Waals surface area (Å²) in [6.45, 7) is 9.23. The smallest absolute Gasteiger partial charge is 0.321 e. The monoisotopic (exact) mass is 289 g/mol. The molecule has 4 nitrogen and oxygen atoms in total. The summed E-state index contributed by atoms with van der Waals surface area (Å²) < 4.78 is 0. The average Bonchev–Trinajstić information content (AvgIpc) is 2.91. The standard InChI is InChI=1S/C17H27N3O/c1-4-9-18-14(3)15-6-5-7-16(11-15)19-17(21)20-10-8-13(2)12-20/h5-7,11,13-14,18H,4,8-10,12H2,1-3H3,(H,19,21). The fraction of sp³-hybridized carbons (Fsp3) is 0.588. The van der Waals surface area contributed by atoms with Crippen LogP contribution in [0, 0.1) is 5.92 Å². The molecular weight excluding hydrogens is 262 g/mol. The Labute approximate surface area is 127 Å². The van der Waals surface area contributed by atoms with Gasteiger partial charge in [-0.1, -0.05) is 26.0 Å². The second-order valence-corrected chi connectivity index (χ2v) is 6.07. The van der Waals surface area contributed by atoms with Crippen molar-refractivity contribution in [2.24, 2.45) is 5.92 Å². The van der Waals surface area contributed by atoms with Gasteiger partial charge in [-0.05, 0) is 49.9 Å². The fourth-order valence-corrected chi connectivity index (χ4v) is 2.69. The van der Waals surface area contributed by atoms with Gasteiger partial charge in [-0.3, -0.25) is 0 Å². The van der Waals surface area contributed by atoms with Gasteiger partial charge in [-0.15, -0.1) is 0 Å². The van der Waals surface area contributed by atoms with Crippen molar-refractivity contribution in [1.82, 2.24) is 10.2 Å². The van der Waals surface area contributed by atoms with E-state index >= 15 is 0 Å². The third kappa shape index (κ3) is 4.46. The zero-order valence-corrected chi connectivity index (χ0v) is 13.4. The molecule has 21 heavy (non-hydrogen) atoms. The first kappa shape index (κ1) is 15.8. The topological polar surface area (TPSA) is 44.4 Å². The molecular formula is C17H27N3O. The second kappa shape index (κ2) is 7.46. The van der Waals surface area contributed by atoms with Gasteiger partial charge in [0.2, 0.25) is 0 Å². The van der Waals surface area contributed by atoms with Gasteiger partial charge in [-0.2, -0.15) is 0 Å². The minimum atomic E-state index is 0.0191. The molecule has 0 bridgehead atoms. The van der Waals surface area contributed by atoms with E-state index in [1.54, 1.807) is 0 Å².